The summed E-state index contributed by atoms with van der Waals surface area (Å²) in [5.41, 5.74) is 6.07. The average molecular weight is 311 g/mol. The van der Waals surface area contributed by atoms with Gasteiger partial charge in [0.05, 0.1) is 6.54 Å². The van der Waals surface area contributed by atoms with Gasteiger partial charge >= 0.3 is 5.97 Å². The zero-order valence-electron chi connectivity index (χ0n) is 12.3. The number of nitrogens with one attached hydrogen (secondary N) is 2. The third kappa shape index (κ3) is 7.14. The number of hydrogen-bond acceptors (Lipinski definition) is 4. The largest absolute Gasteiger partial charge is 0.480 e. The Kier molecular flexibility index (Phi) is 8.09. The fourth-order valence-corrected chi connectivity index (χ4v) is 1.96. The molecule has 0 unspecified atom stereocenters. The molecule has 0 bridgehead atoms. The standard InChI is InChI=1S/C15H22FN3O3/c16-12-5-3-4-11(8-12)9-18-10-14(20)19-13(15(21)22)6-1-2-7-17/h3-5,8,13,18H,1-2,6-7,9-10,17H2,(H,19,20)(H,21,22)/t13-/m0/s1. The molecule has 1 rings (SSSR count). The van der Waals surface area contributed by atoms with Crippen LogP contribution in [0, 0.1) is 5.82 Å². The Hall–Kier alpha value is -1.99. The first-order chi connectivity index (χ1) is 10.5. The van der Waals surface area contributed by atoms with Gasteiger partial charge in [-0.25, -0.2) is 9.18 Å². The third-order valence-corrected chi connectivity index (χ3v) is 3.08. The van der Waals surface area contributed by atoms with E-state index < -0.39 is 17.9 Å². The van der Waals surface area contributed by atoms with Gasteiger partial charge in [-0.05, 0) is 43.5 Å². The molecule has 0 aliphatic carbocycles. The highest BCUT2D eigenvalue weighted by atomic mass is 19.1. The highest BCUT2D eigenvalue weighted by Gasteiger charge is 2.18. The number of carbonyl (C=O) groups excluding carboxylic acids is 1. The fraction of sp³-hybridized carbons (Fsp3) is 0.467. The lowest BCUT2D eigenvalue weighted by Crippen LogP contribution is -2.44. The van der Waals surface area contributed by atoms with Crippen molar-refractivity contribution in [3.8, 4) is 0 Å². The summed E-state index contributed by atoms with van der Waals surface area (Å²) in [5.74, 6) is -1.80. The van der Waals surface area contributed by atoms with Crippen LogP contribution in [0.2, 0.25) is 0 Å². The second-order valence-corrected chi connectivity index (χ2v) is 4.98. The lowest BCUT2D eigenvalue weighted by Gasteiger charge is -2.14. The molecule has 5 N–H and O–H groups in total. The molecule has 0 fully saturated rings. The SMILES string of the molecule is NCCCC[C@H](NC(=O)CNCc1cccc(F)c1)C(=O)O. The number of benzene rings is 1. The Morgan fingerprint density at radius 1 is 1.32 bits per heavy atom. The van der Waals surface area contributed by atoms with Gasteiger partial charge in [0, 0.05) is 6.54 Å². The van der Waals surface area contributed by atoms with E-state index >= 15 is 0 Å². The molecule has 7 heteroatoms. The van der Waals surface area contributed by atoms with Crippen LogP contribution in [0.4, 0.5) is 4.39 Å². The van der Waals surface area contributed by atoms with E-state index in [1.807, 2.05) is 0 Å². The summed E-state index contributed by atoms with van der Waals surface area (Å²) in [4.78, 5) is 22.8. The zero-order chi connectivity index (χ0) is 16.4. The van der Waals surface area contributed by atoms with Gasteiger partial charge in [-0.2, -0.15) is 0 Å². The molecule has 22 heavy (non-hydrogen) atoms. The molecule has 1 aromatic carbocycles. The average Bonchev–Trinajstić information content (AvgIpc) is 2.46. The number of rotatable bonds is 10. The van der Waals surface area contributed by atoms with E-state index in [0.717, 1.165) is 6.42 Å². The van der Waals surface area contributed by atoms with Crippen LogP contribution in [-0.2, 0) is 16.1 Å². The normalized spacial score (nSPS) is 11.9. The quantitative estimate of drug-likeness (QED) is 0.474. The molecule has 6 nitrogen and oxygen atoms in total. The van der Waals surface area contributed by atoms with Gasteiger partial charge in [-0.1, -0.05) is 12.1 Å². The first-order valence-electron chi connectivity index (χ1n) is 7.20. The minimum Gasteiger partial charge on any atom is -0.480 e. The summed E-state index contributed by atoms with van der Waals surface area (Å²) < 4.78 is 13.0. The second kappa shape index (κ2) is 9.86. The zero-order valence-corrected chi connectivity index (χ0v) is 12.3. The van der Waals surface area contributed by atoms with Gasteiger partial charge in [0.1, 0.15) is 11.9 Å². The van der Waals surface area contributed by atoms with Crippen molar-refractivity contribution >= 4 is 11.9 Å². The molecule has 0 aliphatic rings. The predicted molar refractivity (Wildman–Crippen MR) is 80.6 cm³/mol. The molecule has 1 aromatic rings. The predicted octanol–water partition coefficient (Wildman–Crippen LogP) is 0.614. The fourth-order valence-electron chi connectivity index (χ4n) is 1.96. The van der Waals surface area contributed by atoms with Crippen molar-refractivity contribution in [1.29, 1.82) is 0 Å². The van der Waals surface area contributed by atoms with E-state index in [9.17, 15) is 14.0 Å². The van der Waals surface area contributed by atoms with Crippen LogP contribution < -0.4 is 16.4 Å². The first-order valence-corrected chi connectivity index (χ1v) is 7.20. The second-order valence-electron chi connectivity index (χ2n) is 4.98. The third-order valence-electron chi connectivity index (χ3n) is 3.08. The summed E-state index contributed by atoms with van der Waals surface area (Å²) in [6.45, 7) is 0.794. The monoisotopic (exact) mass is 311 g/mol. The Bertz CT molecular complexity index is 497. The number of carbonyl (C=O) groups is 2. The lowest BCUT2D eigenvalue weighted by atomic mass is 10.1. The molecular formula is C15H22FN3O3. The Morgan fingerprint density at radius 3 is 2.73 bits per heavy atom. The smallest absolute Gasteiger partial charge is 0.326 e. The first kappa shape index (κ1) is 18.1. The maximum absolute atomic E-state index is 13.0. The highest BCUT2D eigenvalue weighted by molar-refractivity contribution is 5.84. The van der Waals surface area contributed by atoms with Gasteiger partial charge in [0.25, 0.3) is 0 Å². The number of carboxylic acids is 1. The van der Waals surface area contributed by atoms with Crippen LogP contribution in [0.1, 0.15) is 24.8 Å². The van der Waals surface area contributed by atoms with Gasteiger partial charge < -0.3 is 21.5 Å². The van der Waals surface area contributed by atoms with Crippen LogP contribution in [-0.4, -0.2) is 36.1 Å². The van der Waals surface area contributed by atoms with Gasteiger partial charge in [0.15, 0.2) is 0 Å². The van der Waals surface area contributed by atoms with Gasteiger partial charge in [-0.15, -0.1) is 0 Å². The van der Waals surface area contributed by atoms with Crippen molar-refractivity contribution in [2.75, 3.05) is 13.1 Å². The van der Waals surface area contributed by atoms with Crippen LogP contribution in [0.25, 0.3) is 0 Å². The van der Waals surface area contributed by atoms with Crippen molar-refractivity contribution in [3.05, 3.63) is 35.6 Å². The summed E-state index contributed by atoms with van der Waals surface area (Å²) in [7, 11) is 0. The van der Waals surface area contributed by atoms with E-state index in [0.29, 0.717) is 31.5 Å². The summed E-state index contributed by atoms with van der Waals surface area (Å²) >= 11 is 0. The van der Waals surface area contributed by atoms with E-state index in [4.69, 9.17) is 10.8 Å². The maximum atomic E-state index is 13.0. The molecule has 0 radical (unpaired) electrons. The summed E-state index contributed by atoms with van der Waals surface area (Å²) in [6.07, 6.45) is 1.71. The maximum Gasteiger partial charge on any atom is 0.326 e. The number of amides is 1. The molecule has 0 heterocycles. The molecular weight excluding hydrogens is 289 g/mol. The van der Waals surface area contributed by atoms with Crippen LogP contribution in [0.3, 0.4) is 0 Å². The van der Waals surface area contributed by atoms with Crippen LogP contribution >= 0.6 is 0 Å². The van der Waals surface area contributed by atoms with E-state index in [-0.39, 0.29) is 12.4 Å². The Balaban J connectivity index is 2.32. The summed E-state index contributed by atoms with van der Waals surface area (Å²) in [5, 5.41) is 14.4. The number of halogens is 1. The Morgan fingerprint density at radius 2 is 2.09 bits per heavy atom. The number of hydrogen-bond donors (Lipinski definition) is 4. The van der Waals surface area contributed by atoms with Crippen molar-refractivity contribution < 1.29 is 19.1 Å². The van der Waals surface area contributed by atoms with Crippen LogP contribution in [0.5, 0.6) is 0 Å². The highest BCUT2D eigenvalue weighted by Crippen LogP contribution is 2.03. The minimum atomic E-state index is -1.06. The molecule has 1 amide bonds. The Labute approximate surface area is 128 Å². The molecule has 0 spiro atoms. The molecule has 1 atom stereocenters. The molecule has 0 aliphatic heterocycles. The number of carboxylic acid groups (broad SMARTS) is 1. The van der Waals surface area contributed by atoms with E-state index in [2.05, 4.69) is 10.6 Å². The lowest BCUT2D eigenvalue weighted by molar-refractivity contribution is -0.141. The summed E-state index contributed by atoms with van der Waals surface area (Å²) in [6, 6.07) is 5.13. The molecule has 0 saturated heterocycles. The molecule has 122 valence electrons. The van der Waals surface area contributed by atoms with Crippen molar-refractivity contribution in [3.63, 3.8) is 0 Å². The number of aliphatic carboxylic acids is 1. The van der Waals surface area contributed by atoms with Crippen LogP contribution in [0.15, 0.2) is 24.3 Å². The van der Waals surface area contributed by atoms with Gasteiger partial charge in [-0.3, -0.25) is 4.79 Å². The van der Waals surface area contributed by atoms with Crippen molar-refractivity contribution in [2.45, 2.75) is 31.8 Å². The number of unbranched alkanes of at least 4 members (excludes halogenated alkanes) is 1. The van der Waals surface area contributed by atoms with Crippen molar-refractivity contribution in [1.82, 2.24) is 10.6 Å². The van der Waals surface area contributed by atoms with E-state index in [1.165, 1.54) is 12.1 Å². The number of nitrogens with two attached hydrogens (primary N) is 1. The molecule has 0 saturated carbocycles. The van der Waals surface area contributed by atoms with Crippen molar-refractivity contribution in [2.24, 2.45) is 5.73 Å². The topological polar surface area (TPSA) is 104 Å². The molecule has 0 aromatic heterocycles. The van der Waals surface area contributed by atoms with E-state index in [1.54, 1.807) is 12.1 Å². The van der Waals surface area contributed by atoms with Gasteiger partial charge in [0.2, 0.25) is 5.91 Å². The minimum absolute atomic E-state index is 0.0306.